The smallest absolute Gasteiger partial charge is 0.295 e. The van der Waals surface area contributed by atoms with Crippen LogP contribution >= 0.6 is 0 Å². The van der Waals surface area contributed by atoms with E-state index in [0.717, 1.165) is 41.8 Å². The molecule has 1 N–H and O–H groups in total. The number of aliphatic hydroxyl groups is 1. The summed E-state index contributed by atoms with van der Waals surface area (Å²) in [5.74, 6) is -0.604. The lowest BCUT2D eigenvalue weighted by molar-refractivity contribution is -0.139. The number of nitrogens with zero attached hydrogens (tertiary/aromatic N) is 2. The zero-order chi connectivity index (χ0) is 26.6. The molecule has 2 aromatic carbocycles. The molecule has 0 spiro atoms. The van der Waals surface area contributed by atoms with Crippen LogP contribution in [0.5, 0.6) is 5.75 Å². The Kier molecular flexibility index (Phi) is 8.49. The molecule has 2 aromatic rings. The van der Waals surface area contributed by atoms with Gasteiger partial charge in [-0.2, -0.15) is 0 Å². The zero-order valence-corrected chi connectivity index (χ0v) is 22.7. The molecule has 6 heteroatoms. The van der Waals surface area contributed by atoms with Crippen LogP contribution < -0.4 is 9.64 Å². The molecule has 0 aliphatic carbocycles. The molecule has 1 saturated heterocycles. The van der Waals surface area contributed by atoms with Crippen LogP contribution in [0, 0.1) is 0 Å². The molecule has 3 rings (SSSR count). The molecule has 0 aromatic heterocycles. The Morgan fingerprint density at radius 2 is 1.69 bits per heavy atom. The van der Waals surface area contributed by atoms with Gasteiger partial charge in [-0.25, -0.2) is 0 Å². The molecule has 1 heterocycles. The minimum Gasteiger partial charge on any atom is -0.507 e. The van der Waals surface area contributed by atoms with Gasteiger partial charge in [0.05, 0.1) is 18.2 Å². The van der Waals surface area contributed by atoms with Gasteiger partial charge < -0.3 is 19.6 Å². The number of ketones is 1. The lowest BCUT2D eigenvalue weighted by Gasteiger charge is -2.26. The van der Waals surface area contributed by atoms with Crippen molar-refractivity contribution in [1.82, 2.24) is 4.90 Å². The summed E-state index contributed by atoms with van der Waals surface area (Å²) in [5.41, 5.74) is 3.15. The highest BCUT2D eigenvalue weighted by atomic mass is 16.5. The molecule has 1 amide bonds. The number of aliphatic hydroxyl groups excluding tert-OH is 1. The van der Waals surface area contributed by atoms with Gasteiger partial charge in [0, 0.05) is 37.5 Å². The summed E-state index contributed by atoms with van der Waals surface area (Å²) in [6.45, 7) is 11.3. The molecule has 6 nitrogen and oxygen atoms in total. The van der Waals surface area contributed by atoms with Gasteiger partial charge in [-0.1, -0.05) is 52.7 Å². The lowest BCUT2D eigenvalue weighted by Crippen LogP contribution is -2.30. The number of benzene rings is 2. The number of rotatable bonds is 9. The molecule has 194 valence electrons. The standard InChI is InChI=1S/C30H40N2O4/c1-8-10-11-18-32-26(20-12-15-22(16-13-20)31(6)7)25(28(34)29(32)35)27(33)21-14-17-24(36-9-2)23(19-21)30(3,4)5/h12-17,19,26,33H,8-11,18H2,1-7H3/b27-25-. The fraction of sp³-hybridized carbons (Fsp3) is 0.467. The average molecular weight is 493 g/mol. The minimum absolute atomic E-state index is 0.137. The van der Waals surface area contributed by atoms with Gasteiger partial charge in [0.25, 0.3) is 11.7 Å². The molecule has 1 unspecified atom stereocenters. The number of anilines is 1. The van der Waals surface area contributed by atoms with Crippen molar-refractivity contribution in [1.29, 1.82) is 0 Å². The second kappa shape index (κ2) is 11.2. The molecular weight excluding hydrogens is 452 g/mol. The molecule has 0 saturated carbocycles. The summed E-state index contributed by atoms with van der Waals surface area (Å²) in [4.78, 5) is 30.1. The van der Waals surface area contributed by atoms with E-state index in [-0.39, 0.29) is 16.7 Å². The fourth-order valence-corrected chi connectivity index (χ4v) is 4.64. The number of carbonyl (C=O) groups excluding carboxylic acids is 2. The maximum absolute atomic E-state index is 13.3. The fourth-order valence-electron chi connectivity index (χ4n) is 4.64. The maximum Gasteiger partial charge on any atom is 0.295 e. The number of likely N-dealkylation sites (tertiary alicyclic amines) is 1. The van der Waals surface area contributed by atoms with Gasteiger partial charge >= 0.3 is 0 Å². The van der Waals surface area contributed by atoms with Crippen molar-refractivity contribution in [3.8, 4) is 5.75 Å². The highest BCUT2D eigenvalue weighted by Crippen LogP contribution is 2.41. The van der Waals surface area contributed by atoms with Crippen LogP contribution in [0.1, 0.15) is 76.6 Å². The Morgan fingerprint density at radius 3 is 2.25 bits per heavy atom. The number of unbranched alkanes of at least 4 members (excludes halogenated alkanes) is 2. The van der Waals surface area contributed by atoms with Crippen LogP contribution in [0.15, 0.2) is 48.0 Å². The van der Waals surface area contributed by atoms with Crippen LogP contribution in [-0.2, 0) is 15.0 Å². The van der Waals surface area contributed by atoms with Crippen molar-refractivity contribution in [3.63, 3.8) is 0 Å². The molecule has 1 aliphatic rings. The Bertz CT molecular complexity index is 1130. The van der Waals surface area contributed by atoms with E-state index in [4.69, 9.17) is 4.74 Å². The molecule has 0 radical (unpaired) electrons. The normalized spacial score (nSPS) is 17.5. The molecular formula is C30H40N2O4. The van der Waals surface area contributed by atoms with E-state index in [1.807, 2.05) is 62.3 Å². The molecule has 1 aliphatic heterocycles. The molecule has 0 bridgehead atoms. The number of amides is 1. The lowest BCUT2D eigenvalue weighted by atomic mass is 9.84. The van der Waals surface area contributed by atoms with Crippen LogP contribution in [0.2, 0.25) is 0 Å². The monoisotopic (exact) mass is 492 g/mol. The zero-order valence-electron chi connectivity index (χ0n) is 22.7. The van der Waals surface area contributed by atoms with E-state index in [9.17, 15) is 14.7 Å². The largest absolute Gasteiger partial charge is 0.507 e. The van der Waals surface area contributed by atoms with Gasteiger partial charge in [-0.3, -0.25) is 9.59 Å². The molecule has 1 fully saturated rings. The quantitative estimate of drug-likeness (QED) is 0.199. The van der Waals surface area contributed by atoms with E-state index in [0.29, 0.717) is 18.7 Å². The summed E-state index contributed by atoms with van der Waals surface area (Å²) >= 11 is 0. The Labute approximate surface area is 215 Å². The third-order valence-electron chi connectivity index (χ3n) is 6.63. The Balaban J connectivity index is 2.17. The average Bonchev–Trinajstić information content (AvgIpc) is 3.08. The van der Waals surface area contributed by atoms with Crippen molar-refractivity contribution >= 4 is 23.1 Å². The highest BCUT2D eigenvalue weighted by Gasteiger charge is 2.45. The van der Waals surface area contributed by atoms with E-state index < -0.39 is 17.7 Å². The summed E-state index contributed by atoms with van der Waals surface area (Å²) < 4.78 is 5.82. The van der Waals surface area contributed by atoms with Crippen LogP contribution in [0.4, 0.5) is 5.69 Å². The third-order valence-corrected chi connectivity index (χ3v) is 6.63. The van der Waals surface area contributed by atoms with E-state index >= 15 is 0 Å². The molecule has 36 heavy (non-hydrogen) atoms. The number of ether oxygens (including phenoxy) is 1. The first-order valence-corrected chi connectivity index (χ1v) is 12.8. The van der Waals surface area contributed by atoms with E-state index in [2.05, 4.69) is 27.7 Å². The van der Waals surface area contributed by atoms with Crippen LogP contribution in [-0.4, -0.2) is 48.9 Å². The van der Waals surface area contributed by atoms with Crippen LogP contribution in [0.25, 0.3) is 5.76 Å². The van der Waals surface area contributed by atoms with Crippen molar-refractivity contribution in [2.75, 3.05) is 32.1 Å². The predicted octanol–water partition coefficient (Wildman–Crippen LogP) is 6.06. The number of Topliss-reactive ketones (excluding diaryl/α,β-unsaturated/α-hetero) is 1. The first-order chi connectivity index (χ1) is 17.0. The van der Waals surface area contributed by atoms with E-state index in [1.165, 1.54) is 0 Å². The number of carbonyl (C=O) groups is 2. The van der Waals surface area contributed by atoms with Crippen LogP contribution in [0.3, 0.4) is 0 Å². The summed E-state index contributed by atoms with van der Waals surface area (Å²) in [6, 6.07) is 12.6. The van der Waals surface area contributed by atoms with Crippen molar-refractivity contribution < 1.29 is 19.4 Å². The SMILES string of the molecule is CCCCCN1C(=O)C(=O)/C(=C(\O)c2ccc(OCC)c(C(C)(C)C)c2)C1c1ccc(N(C)C)cc1. The summed E-state index contributed by atoms with van der Waals surface area (Å²) in [6.07, 6.45) is 2.77. The maximum atomic E-state index is 13.3. The summed E-state index contributed by atoms with van der Waals surface area (Å²) in [5, 5.41) is 11.5. The van der Waals surface area contributed by atoms with Crippen molar-refractivity contribution in [2.24, 2.45) is 0 Å². The second-order valence-electron chi connectivity index (χ2n) is 10.6. The Morgan fingerprint density at radius 1 is 1.03 bits per heavy atom. The second-order valence-corrected chi connectivity index (χ2v) is 10.6. The first-order valence-electron chi connectivity index (χ1n) is 12.8. The highest BCUT2D eigenvalue weighted by molar-refractivity contribution is 6.46. The van der Waals surface area contributed by atoms with Crippen molar-refractivity contribution in [3.05, 3.63) is 64.7 Å². The van der Waals surface area contributed by atoms with E-state index in [1.54, 1.807) is 11.0 Å². The van der Waals surface area contributed by atoms with Gasteiger partial charge in [-0.05, 0) is 54.7 Å². The van der Waals surface area contributed by atoms with Crippen molar-refractivity contribution in [2.45, 2.75) is 65.3 Å². The summed E-state index contributed by atoms with van der Waals surface area (Å²) in [7, 11) is 3.93. The van der Waals surface area contributed by atoms with Gasteiger partial charge in [0.2, 0.25) is 0 Å². The number of hydrogen-bond donors (Lipinski definition) is 1. The minimum atomic E-state index is -0.642. The third kappa shape index (κ3) is 5.58. The van der Waals surface area contributed by atoms with Gasteiger partial charge in [0.15, 0.2) is 0 Å². The number of hydrogen-bond acceptors (Lipinski definition) is 5. The predicted molar refractivity (Wildman–Crippen MR) is 146 cm³/mol. The van der Waals surface area contributed by atoms with Gasteiger partial charge in [-0.15, -0.1) is 0 Å². The molecule has 1 atom stereocenters. The first kappa shape index (κ1) is 27.3. The topological polar surface area (TPSA) is 70.1 Å². The Hall–Kier alpha value is -3.28. The van der Waals surface area contributed by atoms with Gasteiger partial charge in [0.1, 0.15) is 11.5 Å².